The number of allylic oxidation sites excluding steroid dienone is 1. The van der Waals surface area contributed by atoms with Crippen molar-refractivity contribution >= 4 is 34.5 Å². The first-order valence-corrected chi connectivity index (χ1v) is 9.82. The molecule has 9 nitrogen and oxygen atoms in total. The molecule has 3 heterocycles. The lowest BCUT2D eigenvalue weighted by Gasteiger charge is -2.12. The van der Waals surface area contributed by atoms with Gasteiger partial charge in [0.2, 0.25) is 11.7 Å². The number of nitrogens with one attached hydrogen (secondary N) is 2. The van der Waals surface area contributed by atoms with Crippen molar-refractivity contribution in [2.45, 2.75) is 6.92 Å². The van der Waals surface area contributed by atoms with Gasteiger partial charge in [-0.25, -0.2) is 9.78 Å². The van der Waals surface area contributed by atoms with Crippen molar-refractivity contribution in [2.24, 2.45) is 0 Å². The van der Waals surface area contributed by atoms with Gasteiger partial charge in [-0.05, 0) is 37.3 Å². The molecule has 2 N–H and O–H groups in total. The predicted molar refractivity (Wildman–Crippen MR) is 117 cm³/mol. The number of hydrogen-bond acceptors (Lipinski definition) is 8. The number of H-pyrrole nitrogens is 1. The Morgan fingerprint density at radius 3 is 2.78 bits per heavy atom. The van der Waals surface area contributed by atoms with Gasteiger partial charge >= 0.3 is 5.97 Å². The van der Waals surface area contributed by atoms with Crippen LogP contribution in [-0.4, -0.2) is 42.5 Å². The maximum Gasteiger partial charge on any atom is 0.347 e. The molecular formula is C23H21N3O6. The number of aromatic nitrogens is 2. The van der Waals surface area contributed by atoms with E-state index in [1.807, 2.05) is 6.07 Å². The van der Waals surface area contributed by atoms with Crippen LogP contribution < -0.4 is 14.8 Å². The number of rotatable bonds is 7. The number of anilines is 1. The van der Waals surface area contributed by atoms with Crippen molar-refractivity contribution in [3.05, 3.63) is 65.5 Å². The molecule has 0 spiro atoms. The number of pyridine rings is 1. The lowest BCUT2D eigenvalue weighted by Crippen LogP contribution is -2.16. The van der Waals surface area contributed by atoms with Crippen LogP contribution in [0.5, 0.6) is 11.5 Å². The molecule has 0 aliphatic carbocycles. The van der Waals surface area contributed by atoms with E-state index in [0.717, 1.165) is 5.39 Å². The van der Waals surface area contributed by atoms with Gasteiger partial charge < -0.3 is 29.2 Å². The molecule has 0 fully saturated rings. The number of esters is 1. The third-order valence-corrected chi connectivity index (χ3v) is 4.78. The Hall–Kier alpha value is -4.27. The highest BCUT2D eigenvalue weighted by Gasteiger charge is 2.37. The van der Waals surface area contributed by atoms with Crippen LogP contribution in [0.1, 0.15) is 12.5 Å². The van der Waals surface area contributed by atoms with Crippen molar-refractivity contribution in [2.75, 3.05) is 26.1 Å². The van der Waals surface area contributed by atoms with E-state index in [-0.39, 0.29) is 23.8 Å². The van der Waals surface area contributed by atoms with Crippen LogP contribution in [0.2, 0.25) is 0 Å². The van der Waals surface area contributed by atoms with Crippen molar-refractivity contribution in [1.29, 1.82) is 0 Å². The number of ketones is 1. The number of carbonyl (C=O) groups is 2. The number of hydrogen-bond donors (Lipinski definition) is 2. The Kier molecular flexibility index (Phi) is 5.80. The van der Waals surface area contributed by atoms with Gasteiger partial charge in [-0.1, -0.05) is 0 Å². The van der Waals surface area contributed by atoms with Gasteiger partial charge in [0.1, 0.15) is 5.65 Å². The van der Waals surface area contributed by atoms with Gasteiger partial charge in [-0.3, -0.25) is 4.79 Å². The summed E-state index contributed by atoms with van der Waals surface area (Å²) in [6.45, 7) is 1.78. The zero-order valence-electron chi connectivity index (χ0n) is 17.7. The molecule has 1 aliphatic rings. The van der Waals surface area contributed by atoms with E-state index in [2.05, 4.69) is 15.3 Å². The molecular weight excluding hydrogens is 414 g/mol. The molecule has 0 saturated carbocycles. The Bertz CT molecular complexity index is 1260. The van der Waals surface area contributed by atoms with E-state index in [0.29, 0.717) is 28.4 Å². The zero-order valence-corrected chi connectivity index (χ0v) is 17.7. The van der Waals surface area contributed by atoms with Crippen LogP contribution in [0.3, 0.4) is 0 Å². The molecule has 0 unspecified atom stereocenters. The van der Waals surface area contributed by atoms with Crippen LogP contribution in [0.4, 0.5) is 5.69 Å². The first kappa shape index (κ1) is 21.0. The van der Waals surface area contributed by atoms with Crippen molar-refractivity contribution < 1.29 is 28.5 Å². The second kappa shape index (κ2) is 8.84. The molecule has 0 radical (unpaired) electrons. The summed E-state index contributed by atoms with van der Waals surface area (Å²) >= 11 is 0. The fourth-order valence-electron chi connectivity index (χ4n) is 3.29. The average molecular weight is 435 g/mol. The minimum atomic E-state index is -0.774. The van der Waals surface area contributed by atoms with Gasteiger partial charge in [0.15, 0.2) is 22.8 Å². The summed E-state index contributed by atoms with van der Waals surface area (Å²) in [6.07, 6.45) is 4.94. The molecule has 4 rings (SSSR count). The topological polar surface area (TPSA) is 112 Å². The number of aromatic amines is 1. The van der Waals surface area contributed by atoms with Crippen LogP contribution in [0, 0.1) is 0 Å². The fourth-order valence-corrected chi connectivity index (χ4v) is 3.29. The molecule has 0 bridgehead atoms. The van der Waals surface area contributed by atoms with E-state index in [1.165, 1.54) is 14.2 Å². The quantitative estimate of drug-likeness (QED) is 0.330. The first-order chi connectivity index (χ1) is 15.5. The summed E-state index contributed by atoms with van der Waals surface area (Å²) in [5.74, 6) is -0.378. The van der Waals surface area contributed by atoms with Crippen molar-refractivity contribution in [3.8, 4) is 11.5 Å². The van der Waals surface area contributed by atoms with Gasteiger partial charge in [-0.15, -0.1) is 0 Å². The standard InChI is InChI=1S/C23H21N3O6/c1-4-31-23(28)19-20(27)18(10-13-12-25-21-15(13)6-5-9-24-21)32-22(19)26-14-7-8-16(29-2)17(11-14)30-3/h5-12,26H,4H2,1-3H3,(H,24,25). The van der Waals surface area contributed by atoms with Gasteiger partial charge in [0.25, 0.3) is 0 Å². The van der Waals surface area contributed by atoms with Gasteiger partial charge in [-0.2, -0.15) is 0 Å². The number of fused-ring (bicyclic) bond motifs is 1. The molecule has 1 aliphatic heterocycles. The predicted octanol–water partition coefficient (Wildman–Crippen LogP) is 3.41. The molecule has 1 aromatic carbocycles. The Morgan fingerprint density at radius 1 is 1.22 bits per heavy atom. The minimum Gasteiger partial charge on any atom is -0.493 e. The number of nitrogens with zero attached hydrogens (tertiary/aromatic N) is 1. The van der Waals surface area contributed by atoms with Gasteiger partial charge in [0.05, 0.1) is 20.8 Å². The first-order valence-electron chi connectivity index (χ1n) is 9.82. The second-order valence-electron chi connectivity index (χ2n) is 6.70. The minimum absolute atomic E-state index is 0.0132. The normalized spacial score (nSPS) is 14.6. The highest BCUT2D eigenvalue weighted by atomic mass is 16.5. The largest absolute Gasteiger partial charge is 0.493 e. The third-order valence-electron chi connectivity index (χ3n) is 4.78. The average Bonchev–Trinajstić information content (AvgIpc) is 3.35. The molecule has 2 aromatic heterocycles. The summed E-state index contributed by atoms with van der Waals surface area (Å²) in [6, 6.07) is 8.72. The number of benzene rings is 1. The second-order valence-corrected chi connectivity index (χ2v) is 6.70. The van der Waals surface area contributed by atoms with E-state index in [1.54, 1.807) is 49.7 Å². The summed E-state index contributed by atoms with van der Waals surface area (Å²) in [5, 5.41) is 3.79. The third kappa shape index (κ3) is 3.87. The van der Waals surface area contributed by atoms with E-state index in [9.17, 15) is 9.59 Å². The van der Waals surface area contributed by atoms with E-state index < -0.39 is 11.8 Å². The Balaban J connectivity index is 1.70. The lowest BCUT2D eigenvalue weighted by molar-refractivity contribution is -0.139. The van der Waals surface area contributed by atoms with Crippen LogP contribution in [0.15, 0.2) is 59.9 Å². The summed E-state index contributed by atoms with van der Waals surface area (Å²) in [7, 11) is 3.04. The Labute approximate surface area is 183 Å². The van der Waals surface area contributed by atoms with Crippen molar-refractivity contribution in [1.82, 2.24) is 9.97 Å². The van der Waals surface area contributed by atoms with Crippen molar-refractivity contribution in [3.63, 3.8) is 0 Å². The molecule has 3 aromatic rings. The number of Topliss-reactive ketones (excluding diaryl/α,β-unsaturated/α-hetero) is 1. The van der Waals surface area contributed by atoms with Crippen LogP contribution in [0.25, 0.3) is 17.1 Å². The summed E-state index contributed by atoms with van der Waals surface area (Å²) < 4.78 is 21.4. The molecule has 0 saturated heterocycles. The zero-order chi connectivity index (χ0) is 22.7. The number of ether oxygens (including phenoxy) is 4. The SMILES string of the molecule is CCOC(=O)C1=C(Nc2ccc(OC)c(OC)c2)OC(=Cc2c[nH]c3ncccc23)C1=O. The molecule has 0 amide bonds. The maximum absolute atomic E-state index is 13.0. The van der Waals surface area contributed by atoms with E-state index >= 15 is 0 Å². The molecule has 9 heteroatoms. The smallest absolute Gasteiger partial charge is 0.347 e. The van der Waals surface area contributed by atoms with Crippen LogP contribution in [-0.2, 0) is 19.1 Å². The number of carbonyl (C=O) groups excluding carboxylic acids is 2. The molecule has 164 valence electrons. The monoisotopic (exact) mass is 435 g/mol. The Morgan fingerprint density at radius 2 is 2.03 bits per heavy atom. The highest BCUT2D eigenvalue weighted by Crippen LogP contribution is 2.33. The van der Waals surface area contributed by atoms with E-state index in [4.69, 9.17) is 18.9 Å². The molecule has 32 heavy (non-hydrogen) atoms. The number of methoxy groups -OCH3 is 2. The van der Waals surface area contributed by atoms with Gasteiger partial charge in [0, 0.05) is 35.1 Å². The summed E-state index contributed by atoms with van der Waals surface area (Å²) in [5.41, 5.74) is 1.69. The highest BCUT2D eigenvalue weighted by molar-refractivity contribution is 6.26. The maximum atomic E-state index is 13.0. The van der Waals surface area contributed by atoms with Crippen LogP contribution >= 0.6 is 0 Å². The lowest BCUT2D eigenvalue weighted by atomic mass is 10.1. The molecule has 0 atom stereocenters. The fraction of sp³-hybridized carbons (Fsp3) is 0.174. The summed E-state index contributed by atoms with van der Waals surface area (Å²) in [4.78, 5) is 32.8.